The molecule has 0 radical (unpaired) electrons. The van der Waals surface area contributed by atoms with Gasteiger partial charge in [-0.1, -0.05) is 0 Å². The van der Waals surface area contributed by atoms with E-state index in [1.165, 1.54) is 0 Å². The molecule has 2 N–H and O–H groups in total. The second-order valence-corrected chi connectivity index (χ2v) is 6.34. The lowest BCUT2D eigenvalue weighted by atomic mass is 10.1. The quantitative estimate of drug-likeness (QED) is 0.747. The van der Waals surface area contributed by atoms with E-state index >= 15 is 0 Å². The highest BCUT2D eigenvalue weighted by Crippen LogP contribution is 2.29. The third-order valence-corrected chi connectivity index (χ3v) is 4.45. The molecule has 3 heterocycles. The van der Waals surface area contributed by atoms with Crippen LogP contribution in [0.4, 0.5) is 24.8 Å². The molecule has 0 spiro atoms. The zero-order valence-electron chi connectivity index (χ0n) is 13.8. The molecule has 9 heteroatoms. The van der Waals surface area contributed by atoms with Gasteiger partial charge in [-0.15, -0.1) is 0 Å². The van der Waals surface area contributed by atoms with Crippen LogP contribution < -0.4 is 10.2 Å². The molecule has 6 nitrogen and oxygen atoms in total. The number of fused-ring (bicyclic) bond motifs is 1. The number of anilines is 2. The number of nitrogens with one attached hydrogen (secondary N) is 2. The number of H-pyrrole nitrogens is 1. The number of hydrogen-bond acceptors (Lipinski definition) is 5. The largest absolute Gasteiger partial charge is 0.433 e. The van der Waals surface area contributed by atoms with E-state index in [2.05, 4.69) is 25.5 Å². The minimum atomic E-state index is -4.47. The second-order valence-electron chi connectivity index (χ2n) is 6.34. The van der Waals surface area contributed by atoms with Gasteiger partial charge in [-0.3, -0.25) is 5.10 Å². The highest BCUT2D eigenvalue weighted by molar-refractivity contribution is 5.81. The Labute approximate surface area is 147 Å². The van der Waals surface area contributed by atoms with E-state index in [9.17, 15) is 13.2 Å². The lowest BCUT2D eigenvalue weighted by Gasteiger charge is -2.33. The number of piperidine rings is 1. The van der Waals surface area contributed by atoms with Crippen molar-refractivity contribution in [3.05, 3.63) is 42.4 Å². The summed E-state index contributed by atoms with van der Waals surface area (Å²) in [4.78, 5) is 9.52. The minimum absolute atomic E-state index is 0.103. The predicted octanol–water partition coefficient (Wildman–Crippen LogP) is 3.45. The SMILES string of the molecule is FC(F)(F)c1ccnc(N2CCCC(Nc3ccc4[nH]ncc4c3)C2)n1. The molecule has 1 unspecified atom stereocenters. The van der Waals surface area contributed by atoms with Crippen LogP contribution in [0, 0.1) is 0 Å². The third-order valence-electron chi connectivity index (χ3n) is 4.45. The molecule has 1 aromatic carbocycles. The highest BCUT2D eigenvalue weighted by atomic mass is 19.4. The first kappa shape index (κ1) is 16.6. The minimum Gasteiger partial charge on any atom is -0.381 e. The summed E-state index contributed by atoms with van der Waals surface area (Å²) in [6.07, 6.45) is 0.231. The summed E-state index contributed by atoms with van der Waals surface area (Å²) in [7, 11) is 0. The van der Waals surface area contributed by atoms with Gasteiger partial charge in [0, 0.05) is 36.4 Å². The van der Waals surface area contributed by atoms with Gasteiger partial charge < -0.3 is 10.2 Å². The van der Waals surface area contributed by atoms with E-state index in [1.54, 1.807) is 11.1 Å². The molecule has 26 heavy (non-hydrogen) atoms. The Bertz CT molecular complexity index is 907. The molecule has 2 aromatic heterocycles. The molecule has 1 aliphatic rings. The molecule has 1 aliphatic heterocycles. The van der Waals surface area contributed by atoms with Crippen molar-refractivity contribution in [2.45, 2.75) is 25.1 Å². The van der Waals surface area contributed by atoms with E-state index in [1.807, 2.05) is 18.2 Å². The number of aromatic amines is 1. The first-order valence-corrected chi connectivity index (χ1v) is 8.34. The van der Waals surface area contributed by atoms with Crippen LogP contribution in [-0.4, -0.2) is 39.3 Å². The number of benzene rings is 1. The topological polar surface area (TPSA) is 69.7 Å². The molecule has 136 valence electrons. The van der Waals surface area contributed by atoms with Gasteiger partial charge in [0.1, 0.15) is 5.69 Å². The summed E-state index contributed by atoms with van der Waals surface area (Å²) in [5, 5.41) is 11.4. The van der Waals surface area contributed by atoms with Crippen LogP contribution in [0.15, 0.2) is 36.7 Å². The van der Waals surface area contributed by atoms with Crippen molar-refractivity contribution < 1.29 is 13.2 Å². The average molecular weight is 362 g/mol. The van der Waals surface area contributed by atoms with E-state index in [-0.39, 0.29) is 12.0 Å². The molecule has 1 saturated heterocycles. The van der Waals surface area contributed by atoms with Crippen LogP contribution in [0.2, 0.25) is 0 Å². The van der Waals surface area contributed by atoms with Crippen molar-refractivity contribution >= 4 is 22.5 Å². The smallest absolute Gasteiger partial charge is 0.381 e. The molecule has 4 rings (SSSR count). The van der Waals surface area contributed by atoms with Crippen LogP contribution in [0.1, 0.15) is 18.5 Å². The zero-order valence-corrected chi connectivity index (χ0v) is 13.8. The fraction of sp³-hybridized carbons (Fsp3) is 0.353. The van der Waals surface area contributed by atoms with Gasteiger partial charge in [0.2, 0.25) is 5.95 Å². The van der Waals surface area contributed by atoms with Crippen LogP contribution in [0.5, 0.6) is 0 Å². The van der Waals surface area contributed by atoms with Crippen LogP contribution in [-0.2, 0) is 6.18 Å². The molecule has 0 bridgehead atoms. The van der Waals surface area contributed by atoms with Gasteiger partial charge in [0.05, 0.1) is 11.7 Å². The Morgan fingerprint density at radius 1 is 1.23 bits per heavy atom. The molecule has 1 fully saturated rings. The van der Waals surface area contributed by atoms with Gasteiger partial charge in [0.15, 0.2) is 0 Å². The summed E-state index contributed by atoms with van der Waals surface area (Å²) in [5.74, 6) is 0.122. The van der Waals surface area contributed by atoms with Crippen LogP contribution in [0.25, 0.3) is 10.9 Å². The summed E-state index contributed by atoms with van der Waals surface area (Å²) >= 11 is 0. The van der Waals surface area contributed by atoms with Gasteiger partial charge in [-0.2, -0.15) is 18.3 Å². The van der Waals surface area contributed by atoms with Gasteiger partial charge >= 0.3 is 6.18 Å². The average Bonchev–Trinajstić information content (AvgIpc) is 3.09. The Balaban J connectivity index is 1.49. The van der Waals surface area contributed by atoms with Crippen molar-refractivity contribution in [2.75, 3.05) is 23.3 Å². The summed E-state index contributed by atoms with van der Waals surface area (Å²) in [5.41, 5.74) is 0.997. The Hall–Kier alpha value is -2.84. The number of aromatic nitrogens is 4. The third kappa shape index (κ3) is 3.42. The van der Waals surface area contributed by atoms with Crippen molar-refractivity contribution in [1.29, 1.82) is 0 Å². The maximum atomic E-state index is 12.9. The van der Waals surface area contributed by atoms with E-state index in [0.29, 0.717) is 13.1 Å². The Kier molecular flexibility index (Phi) is 4.14. The Morgan fingerprint density at radius 3 is 2.96 bits per heavy atom. The van der Waals surface area contributed by atoms with Crippen molar-refractivity contribution in [1.82, 2.24) is 20.2 Å². The molecular formula is C17H17F3N6. The van der Waals surface area contributed by atoms with E-state index in [4.69, 9.17) is 0 Å². The first-order chi connectivity index (χ1) is 12.5. The fourth-order valence-electron chi connectivity index (χ4n) is 3.20. The van der Waals surface area contributed by atoms with Gasteiger partial charge in [-0.25, -0.2) is 9.97 Å². The monoisotopic (exact) mass is 362 g/mol. The van der Waals surface area contributed by atoms with Gasteiger partial charge in [0.25, 0.3) is 0 Å². The Morgan fingerprint density at radius 2 is 2.12 bits per heavy atom. The van der Waals surface area contributed by atoms with Gasteiger partial charge in [-0.05, 0) is 37.1 Å². The summed E-state index contributed by atoms with van der Waals surface area (Å²) < 4.78 is 38.6. The van der Waals surface area contributed by atoms with Crippen molar-refractivity contribution in [3.63, 3.8) is 0 Å². The number of nitrogens with zero attached hydrogens (tertiary/aromatic N) is 4. The van der Waals surface area contributed by atoms with Crippen molar-refractivity contribution in [2.24, 2.45) is 0 Å². The first-order valence-electron chi connectivity index (χ1n) is 8.34. The van der Waals surface area contributed by atoms with Crippen LogP contribution >= 0.6 is 0 Å². The van der Waals surface area contributed by atoms with E-state index in [0.717, 1.165) is 41.7 Å². The highest BCUT2D eigenvalue weighted by Gasteiger charge is 2.33. The standard InChI is InChI=1S/C17H17F3N6/c18-17(19,20)15-5-6-21-16(24-15)26-7-1-2-13(10-26)23-12-3-4-14-11(8-12)9-22-25-14/h3-6,8-9,13,23H,1-2,7,10H2,(H,22,25). The maximum Gasteiger partial charge on any atom is 0.433 e. The second kappa shape index (κ2) is 6.47. The number of halogens is 3. The number of rotatable bonds is 3. The van der Waals surface area contributed by atoms with Crippen molar-refractivity contribution in [3.8, 4) is 0 Å². The lowest BCUT2D eigenvalue weighted by Crippen LogP contribution is -2.43. The zero-order chi connectivity index (χ0) is 18.1. The lowest BCUT2D eigenvalue weighted by molar-refractivity contribution is -0.141. The fourth-order valence-corrected chi connectivity index (χ4v) is 3.20. The molecular weight excluding hydrogens is 345 g/mol. The molecule has 3 aromatic rings. The number of alkyl halides is 3. The molecule has 0 saturated carbocycles. The molecule has 0 amide bonds. The van der Waals surface area contributed by atoms with Crippen LogP contribution in [0.3, 0.4) is 0 Å². The summed E-state index contributed by atoms with van der Waals surface area (Å²) in [6.45, 7) is 1.19. The normalized spacial score (nSPS) is 18.3. The number of hydrogen-bond donors (Lipinski definition) is 2. The van der Waals surface area contributed by atoms with E-state index < -0.39 is 11.9 Å². The molecule has 0 aliphatic carbocycles. The summed E-state index contributed by atoms with van der Waals surface area (Å²) in [6, 6.07) is 6.90. The predicted molar refractivity (Wildman–Crippen MR) is 92.0 cm³/mol. The molecule has 1 atom stereocenters. The maximum absolute atomic E-state index is 12.9.